The van der Waals surface area contributed by atoms with Crippen LogP contribution in [0.3, 0.4) is 0 Å². The third-order valence-electron chi connectivity index (χ3n) is 2.85. The second-order valence-electron chi connectivity index (χ2n) is 4.37. The molecule has 98 valence electrons. The molecule has 0 bridgehead atoms. The molecule has 0 saturated carbocycles. The highest BCUT2D eigenvalue weighted by Crippen LogP contribution is 2.32. The summed E-state index contributed by atoms with van der Waals surface area (Å²) in [4.78, 5) is 20.9. The molecular formula is C15H14O4. The van der Waals surface area contributed by atoms with Crippen LogP contribution in [0.4, 0.5) is 0 Å². The summed E-state index contributed by atoms with van der Waals surface area (Å²) in [6, 6.07) is 17.3. The Kier molecular flexibility index (Phi) is 3.57. The second-order valence-corrected chi connectivity index (χ2v) is 4.37. The van der Waals surface area contributed by atoms with Gasteiger partial charge in [0.1, 0.15) is 0 Å². The maximum atomic E-state index is 5.24. The summed E-state index contributed by atoms with van der Waals surface area (Å²) < 4.78 is 0. The van der Waals surface area contributed by atoms with Crippen molar-refractivity contribution >= 4 is 0 Å². The van der Waals surface area contributed by atoms with Gasteiger partial charge in [-0.3, -0.25) is 0 Å². The molecule has 0 amide bonds. The first-order valence-electron chi connectivity index (χ1n) is 6.09. The average molecular weight is 258 g/mol. The standard InChI is InChI=1S/C15H14O4/c1-11-6-5-9-13(10-11)15-18-16-14(17-19-15)12-7-3-2-4-8-12/h2-10,14-15H,1H3. The van der Waals surface area contributed by atoms with Crippen molar-refractivity contribution in [1.82, 2.24) is 0 Å². The van der Waals surface area contributed by atoms with E-state index in [-0.39, 0.29) is 0 Å². The minimum absolute atomic E-state index is 0.665. The Labute approximate surface area is 111 Å². The lowest BCUT2D eigenvalue weighted by Crippen LogP contribution is -2.22. The van der Waals surface area contributed by atoms with E-state index >= 15 is 0 Å². The van der Waals surface area contributed by atoms with Crippen LogP contribution in [-0.2, 0) is 19.6 Å². The van der Waals surface area contributed by atoms with Gasteiger partial charge in [-0.05, 0) is 6.92 Å². The third-order valence-corrected chi connectivity index (χ3v) is 2.85. The largest absolute Gasteiger partial charge is 0.249 e. The predicted molar refractivity (Wildman–Crippen MR) is 67.4 cm³/mol. The van der Waals surface area contributed by atoms with E-state index in [1.807, 2.05) is 61.5 Å². The minimum atomic E-state index is -0.667. The fourth-order valence-electron chi connectivity index (χ4n) is 1.88. The van der Waals surface area contributed by atoms with Crippen LogP contribution < -0.4 is 0 Å². The van der Waals surface area contributed by atoms with Gasteiger partial charge in [-0.1, -0.05) is 60.2 Å². The van der Waals surface area contributed by atoms with Crippen molar-refractivity contribution in [2.24, 2.45) is 0 Å². The van der Waals surface area contributed by atoms with Gasteiger partial charge >= 0.3 is 0 Å². The van der Waals surface area contributed by atoms with Gasteiger partial charge in [-0.15, -0.1) is 0 Å². The second kappa shape index (κ2) is 5.50. The van der Waals surface area contributed by atoms with Crippen LogP contribution in [0.5, 0.6) is 0 Å². The molecule has 0 unspecified atom stereocenters. The lowest BCUT2D eigenvalue weighted by molar-refractivity contribution is -0.600. The summed E-state index contributed by atoms with van der Waals surface area (Å²) in [5.41, 5.74) is 2.81. The van der Waals surface area contributed by atoms with E-state index in [1.165, 1.54) is 0 Å². The van der Waals surface area contributed by atoms with Gasteiger partial charge in [0.2, 0.25) is 12.6 Å². The molecule has 1 saturated heterocycles. The first-order valence-corrected chi connectivity index (χ1v) is 6.09. The van der Waals surface area contributed by atoms with Crippen LogP contribution in [0, 0.1) is 6.92 Å². The van der Waals surface area contributed by atoms with Crippen molar-refractivity contribution in [3.8, 4) is 0 Å². The van der Waals surface area contributed by atoms with Crippen LogP contribution in [0.2, 0.25) is 0 Å². The zero-order valence-electron chi connectivity index (χ0n) is 10.5. The first kappa shape index (κ1) is 12.3. The van der Waals surface area contributed by atoms with Gasteiger partial charge < -0.3 is 0 Å². The van der Waals surface area contributed by atoms with Crippen molar-refractivity contribution in [3.63, 3.8) is 0 Å². The summed E-state index contributed by atoms with van der Waals surface area (Å²) in [5.74, 6) is 0. The van der Waals surface area contributed by atoms with E-state index in [2.05, 4.69) is 0 Å². The van der Waals surface area contributed by atoms with Gasteiger partial charge in [-0.25, -0.2) is 0 Å². The van der Waals surface area contributed by atoms with Gasteiger partial charge in [0.15, 0.2) is 0 Å². The topological polar surface area (TPSA) is 36.9 Å². The van der Waals surface area contributed by atoms with E-state index in [0.717, 1.165) is 16.7 Å². The molecule has 0 N–H and O–H groups in total. The van der Waals surface area contributed by atoms with Crippen molar-refractivity contribution in [3.05, 3.63) is 71.3 Å². The lowest BCUT2D eigenvalue weighted by Gasteiger charge is -2.27. The predicted octanol–water partition coefficient (Wildman–Crippen LogP) is 3.60. The van der Waals surface area contributed by atoms with E-state index in [9.17, 15) is 0 Å². The number of hydrogen-bond donors (Lipinski definition) is 0. The Hall–Kier alpha value is -1.72. The molecule has 2 aromatic rings. The normalized spacial score (nSPS) is 23.2. The minimum Gasteiger partial charge on any atom is -0.193 e. The first-order chi connectivity index (χ1) is 9.33. The smallest absolute Gasteiger partial charge is 0.193 e. The van der Waals surface area contributed by atoms with Crippen LogP contribution in [0.1, 0.15) is 29.3 Å². The van der Waals surface area contributed by atoms with Crippen LogP contribution >= 0.6 is 0 Å². The summed E-state index contributed by atoms with van der Waals surface area (Å²) in [5, 5.41) is 0. The molecule has 0 radical (unpaired) electrons. The number of aryl methyl sites for hydroxylation is 1. The zero-order chi connectivity index (χ0) is 13.1. The summed E-state index contributed by atoms with van der Waals surface area (Å²) in [6.45, 7) is 2.00. The van der Waals surface area contributed by atoms with Crippen molar-refractivity contribution in [2.75, 3.05) is 0 Å². The number of hydrogen-bond acceptors (Lipinski definition) is 4. The van der Waals surface area contributed by atoms with Gasteiger partial charge in [-0.2, -0.15) is 19.6 Å². The molecule has 4 heteroatoms. The fourth-order valence-corrected chi connectivity index (χ4v) is 1.88. The molecule has 2 aromatic carbocycles. The summed E-state index contributed by atoms with van der Waals surface area (Å²) >= 11 is 0. The SMILES string of the molecule is Cc1cccc(C2OOC(c3ccccc3)OO2)c1. The molecule has 0 aromatic heterocycles. The lowest BCUT2D eigenvalue weighted by atomic mass is 10.1. The highest BCUT2D eigenvalue weighted by molar-refractivity contribution is 5.23. The van der Waals surface area contributed by atoms with E-state index in [1.54, 1.807) is 0 Å². The summed E-state index contributed by atoms with van der Waals surface area (Å²) in [7, 11) is 0. The molecular weight excluding hydrogens is 244 g/mol. The highest BCUT2D eigenvalue weighted by atomic mass is 17.4. The molecule has 1 aliphatic heterocycles. The molecule has 19 heavy (non-hydrogen) atoms. The Morgan fingerprint density at radius 2 is 1.26 bits per heavy atom. The maximum Gasteiger partial charge on any atom is 0.249 e. The van der Waals surface area contributed by atoms with Crippen molar-refractivity contribution in [1.29, 1.82) is 0 Å². The van der Waals surface area contributed by atoms with Crippen LogP contribution in [-0.4, -0.2) is 0 Å². The third kappa shape index (κ3) is 2.83. The molecule has 1 aliphatic rings. The maximum absolute atomic E-state index is 5.24. The monoisotopic (exact) mass is 258 g/mol. The number of benzene rings is 2. The molecule has 4 nitrogen and oxygen atoms in total. The quantitative estimate of drug-likeness (QED) is 0.771. The molecule has 1 heterocycles. The fraction of sp³-hybridized carbons (Fsp3) is 0.200. The Morgan fingerprint density at radius 3 is 1.89 bits per heavy atom. The average Bonchev–Trinajstić information content (AvgIpc) is 2.48. The van der Waals surface area contributed by atoms with Crippen molar-refractivity contribution < 1.29 is 19.6 Å². The molecule has 0 spiro atoms. The van der Waals surface area contributed by atoms with E-state index in [0.29, 0.717) is 0 Å². The van der Waals surface area contributed by atoms with Gasteiger partial charge in [0.05, 0.1) is 0 Å². The Balaban J connectivity index is 1.67. The van der Waals surface area contributed by atoms with Crippen LogP contribution in [0.25, 0.3) is 0 Å². The van der Waals surface area contributed by atoms with Crippen molar-refractivity contribution in [2.45, 2.75) is 19.5 Å². The van der Waals surface area contributed by atoms with E-state index < -0.39 is 12.6 Å². The molecule has 3 rings (SSSR count). The van der Waals surface area contributed by atoms with E-state index in [4.69, 9.17) is 19.6 Å². The Bertz CT molecular complexity index is 533. The number of rotatable bonds is 2. The zero-order valence-corrected chi connectivity index (χ0v) is 10.5. The Morgan fingerprint density at radius 1 is 0.684 bits per heavy atom. The molecule has 0 aliphatic carbocycles. The summed E-state index contributed by atoms with van der Waals surface area (Å²) in [6.07, 6.45) is -1.33. The molecule has 1 fully saturated rings. The van der Waals surface area contributed by atoms with Crippen LogP contribution in [0.15, 0.2) is 54.6 Å². The molecule has 0 atom stereocenters. The van der Waals surface area contributed by atoms with Gasteiger partial charge in [0.25, 0.3) is 0 Å². The van der Waals surface area contributed by atoms with Gasteiger partial charge in [0, 0.05) is 11.1 Å². The highest BCUT2D eigenvalue weighted by Gasteiger charge is 2.27.